The van der Waals surface area contributed by atoms with Gasteiger partial charge in [0.05, 0.1) is 0 Å². The lowest BCUT2D eigenvalue weighted by molar-refractivity contribution is 0.778. The Hall–Kier alpha value is -2.10. The van der Waals surface area contributed by atoms with Crippen LogP contribution in [0.2, 0.25) is 0 Å². The first kappa shape index (κ1) is 14.3. The van der Waals surface area contributed by atoms with Gasteiger partial charge >= 0.3 is 0 Å². The Morgan fingerprint density at radius 2 is 1.75 bits per heavy atom. The Kier molecular flexibility index (Phi) is 4.23. The fraction of sp³-hybridized carbons (Fsp3) is 0.375. The van der Waals surface area contributed by atoms with E-state index >= 15 is 0 Å². The van der Waals surface area contributed by atoms with E-state index < -0.39 is 0 Å². The van der Waals surface area contributed by atoms with Crippen LogP contribution >= 0.6 is 0 Å². The summed E-state index contributed by atoms with van der Waals surface area (Å²) >= 11 is 0. The molecule has 2 rings (SSSR count). The van der Waals surface area contributed by atoms with Crippen LogP contribution in [0.3, 0.4) is 0 Å². The molecule has 0 bridgehead atoms. The minimum atomic E-state index is 0.294. The normalized spacial score (nSPS) is 10.7. The van der Waals surface area contributed by atoms with Crippen molar-refractivity contribution in [3.05, 3.63) is 41.2 Å². The highest BCUT2D eigenvalue weighted by molar-refractivity contribution is 5.63. The Morgan fingerprint density at radius 1 is 1.05 bits per heavy atom. The molecule has 1 heterocycles. The molecule has 1 aromatic carbocycles. The zero-order chi connectivity index (χ0) is 14.7. The van der Waals surface area contributed by atoms with E-state index in [4.69, 9.17) is 0 Å². The molecule has 0 saturated heterocycles. The summed E-state index contributed by atoms with van der Waals surface area (Å²) in [6, 6.07) is 8.15. The molecule has 0 fully saturated rings. The Morgan fingerprint density at radius 3 is 2.40 bits per heavy atom. The molecule has 0 saturated carbocycles. The molecule has 4 nitrogen and oxygen atoms in total. The third kappa shape index (κ3) is 3.07. The smallest absolute Gasteiger partial charge is 0.136 e. The number of rotatable bonds is 4. The van der Waals surface area contributed by atoms with Crippen LogP contribution in [0.5, 0.6) is 0 Å². The molecule has 2 aromatic rings. The van der Waals surface area contributed by atoms with Gasteiger partial charge in [-0.15, -0.1) is 0 Å². The van der Waals surface area contributed by atoms with Crippen LogP contribution in [0, 0.1) is 13.8 Å². The van der Waals surface area contributed by atoms with Crippen LogP contribution in [-0.2, 0) is 0 Å². The van der Waals surface area contributed by atoms with Gasteiger partial charge in [0, 0.05) is 24.7 Å². The van der Waals surface area contributed by atoms with Crippen LogP contribution in [-0.4, -0.2) is 17.0 Å². The predicted octanol–water partition coefficient (Wildman–Crippen LogP) is 4.00. The highest BCUT2D eigenvalue weighted by Crippen LogP contribution is 2.24. The van der Waals surface area contributed by atoms with Gasteiger partial charge in [0.25, 0.3) is 0 Å². The number of aromatic nitrogens is 2. The quantitative estimate of drug-likeness (QED) is 0.881. The van der Waals surface area contributed by atoms with Crippen molar-refractivity contribution in [1.29, 1.82) is 0 Å². The van der Waals surface area contributed by atoms with Crippen LogP contribution in [0.4, 0.5) is 17.3 Å². The summed E-state index contributed by atoms with van der Waals surface area (Å²) in [6.45, 7) is 8.41. The number of nitrogens with one attached hydrogen (secondary N) is 2. The van der Waals surface area contributed by atoms with Crippen LogP contribution in [0.25, 0.3) is 0 Å². The summed E-state index contributed by atoms with van der Waals surface area (Å²) < 4.78 is 0. The van der Waals surface area contributed by atoms with Crippen molar-refractivity contribution >= 4 is 17.3 Å². The lowest BCUT2D eigenvalue weighted by Crippen LogP contribution is -2.05. The minimum absolute atomic E-state index is 0.294. The van der Waals surface area contributed by atoms with Crippen LogP contribution in [0.1, 0.15) is 36.7 Å². The fourth-order valence-corrected chi connectivity index (χ4v) is 1.94. The second kappa shape index (κ2) is 5.90. The van der Waals surface area contributed by atoms with Crippen molar-refractivity contribution in [3.8, 4) is 0 Å². The van der Waals surface area contributed by atoms with E-state index in [1.54, 1.807) is 0 Å². The summed E-state index contributed by atoms with van der Waals surface area (Å²) in [5, 5.41) is 6.48. The largest absolute Gasteiger partial charge is 0.373 e. The van der Waals surface area contributed by atoms with E-state index in [9.17, 15) is 0 Å². The van der Waals surface area contributed by atoms with Crippen LogP contribution in [0.15, 0.2) is 24.3 Å². The lowest BCUT2D eigenvalue weighted by atomic mass is 10.1. The maximum Gasteiger partial charge on any atom is 0.136 e. The van der Waals surface area contributed by atoms with Gasteiger partial charge in [0.1, 0.15) is 17.5 Å². The number of anilines is 3. The average Bonchev–Trinajstić information content (AvgIpc) is 2.43. The summed E-state index contributed by atoms with van der Waals surface area (Å²) in [7, 11) is 1.87. The summed E-state index contributed by atoms with van der Waals surface area (Å²) in [6.07, 6.45) is 0. The Labute approximate surface area is 120 Å². The zero-order valence-electron chi connectivity index (χ0n) is 12.8. The van der Waals surface area contributed by atoms with Crippen molar-refractivity contribution in [3.63, 3.8) is 0 Å². The molecule has 0 unspecified atom stereocenters. The van der Waals surface area contributed by atoms with Crippen LogP contribution < -0.4 is 10.6 Å². The molecule has 0 radical (unpaired) electrons. The maximum absolute atomic E-state index is 4.58. The number of hydrogen-bond acceptors (Lipinski definition) is 4. The highest BCUT2D eigenvalue weighted by atomic mass is 15.1. The van der Waals surface area contributed by atoms with Crippen molar-refractivity contribution in [1.82, 2.24) is 9.97 Å². The molecule has 0 atom stereocenters. The molecule has 0 amide bonds. The fourth-order valence-electron chi connectivity index (χ4n) is 1.94. The Balaban J connectivity index is 2.37. The second-order valence-electron chi connectivity index (χ2n) is 5.27. The summed E-state index contributed by atoms with van der Waals surface area (Å²) in [5.74, 6) is 2.78. The molecule has 1 aromatic heterocycles. The van der Waals surface area contributed by atoms with Crippen molar-refractivity contribution in [2.24, 2.45) is 0 Å². The molecule has 106 valence electrons. The molecule has 2 N–H and O–H groups in total. The topological polar surface area (TPSA) is 49.8 Å². The van der Waals surface area contributed by atoms with Crippen molar-refractivity contribution in [2.75, 3.05) is 17.7 Å². The predicted molar refractivity (Wildman–Crippen MR) is 84.9 cm³/mol. The molecule has 0 spiro atoms. The number of hydrogen-bond donors (Lipinski definition) is 2. The average molecular weight is 270 g/mol. The van der Waals surface area contributed by atoms with Gasteiger partial charge in [-0.2, -0.15) is 0 Å². The van der Waals surface area contributed by atoms with Gasteiger partial charge in [0.15, 0.2) is 0 Å². The van der Waals surface area contributed by atoms with E-state index in [1.807, 2.05) is 19.2 Å². The van der Waals surface area contributed by atoms with Gasteiger partial charge in [-0.25, -0.2) is 9.97 Å². The van der Waals surface area contributed by atoms with Gasteiger partial charge in [-0.1, -0.05) is 26.0 Å². The first-order valence-corrected chi connectivity index (χ1v) is 6.91. The van der Waals surface area contributed by atoms with E-state index in [1.165, 1.54) is 11.1 Å². The second-order valence-corrected chi connectivity index (χ2v) is 5.27. The van der Waals surface area contributed by atoms with Crippen molar-refractivity contribution < 1.29 is 0 Å². The highest BCUT2D eigenvalue weighted by Gasteiger charge is 2.09. The standard InChI is InChI=1S/C16H22N4/c1-10(2)16-19-14(17-5)9-15(20-16)18-13-8-6-7-11(3)12(13)4/h6-10H,1-5H3,(H2,17,18,19,20). The molecular weight excluding hydrogens is 248 g/mol. The third-order valence-corrected chi connectivity index (χ3v) is 3.38. The zero-order valence-corrected chi connectivity index (χ0v) is 12.8. The first-order chi connectivity index (χ1) is 9.51. The maximum atomic E-state index is 4.58. The molecule has 0 aliphatic carbocycles. The number of nitrogens with zero attached hydrogens (tertiary/aromatic N) is 2. The first-order valence-electron chi connectivity index (χ1n) is 6.91. The molecular formula is C16H22N4. The summed E-state index contributed by atoms with van der Waals surface area (Å²) in [5.41, 5.74) is 3.59. The number of benzene rings is 1. The van der Waals surface area contributed by atoms with Gasteiger partial charge < -0.3 is 10.6 Å². The SMILES string of the molecule is CNc1cc(Nc2cccc(C)c2C)nc(C(C)C)n1. The van der Waals surface area contributed by atoms with Gasteiger partial charge in [-0.05, 0) is 31.0 Å². The van der Waals surface area contributed by atoms with Crippen molar-refractivity contribution in [2.45, 2.75) is 33.6 Å². The minimum Gasteiger partial charge on any atom is -0.373 e. The van der Waals surface area contributed by atoms with E-state index in [-0.39, 0.29) is 0 Å². The molecule has 0 aliphatic rings. The third-order valence-electron chi connectivity index (χ3n) is 3.38. The molecule has 20 heavy (non-hydrogen) atoms. The lowest BCUT2D eigenvalue weighted by Gasteiger charge is -2.14. The van der Waals surface area contributed by atoms with Gasteiger partial charge in [-0.3, -0.25) is 0 Å². The Bertz CT molecular complexity index is 605. The van der Waals surface area contributed by atoms with E-state index in [0.29, 0.717) is 5.92 Å². The molecule has 4 heteroatoms. The molecule has 0 aliphatic heterocycles. The number of aryl methyl sites for hydroxylation is 1. The monoisotopic (exact) mass is 270 g/mol. The van der Waals surface area contributed by atoms with E-state index in [2.05, 4.69) is 60.4 Å². The van der Waals surface area contributed by atoms with E-state index in [0.717, 1.165) is 23.1 Å². The summed E-state index contributed by atoms with van der Waals surface area (Å²) in [4.78, 5) is 9.06. The van der Waals surface area contributed by atoms with Gasteiger partial charge in [0.2, 0.25) is 0 Å².